The van der Waals surface area contributed by atoms with Gasteiger partial charge in [-0.3, -0.25) is 0 Å². The Morgan fingerprint density at radius 2 is 1.89 bits per heavy atom. The zero-order valence-electron chi connectivity index (χ0n) is 5.23. The Morgan fingerprint density at radius 3 is 1.89 bits per heavy atom. The summed E-state index contributed by atoms with van der Waals surface area (Å²) in [5.41, 5.74) is 0. The summed E-state index contributed by atoms with van der Waals surface area (Å²) < 4.78 is 14.3. The van der Waals surface area contributed by atoms with Gasteiger partial charge in [0.1, 0.15) is 5.85 Å². The number of hydrogen-bond acceptors (Lipinski definition) is 4. The fraction of sp³-hybridized carbons (Fsp3) is 1.00. The molecule has 0 spiro atoms. The Hall–Kier alpha value is 1.11. The van der Waals surface area contributed by atoms with Crippen molar-refractivity contribution in [2.45, 2.75) is 18.9 Å². The van der Waals surface area contributed by atoms with Crippen molar-refractivity contribution >= 4 is 7.60 Å². The molecule has 1 fully saturated rings. The van der Waals surface area contributed by atoms with E-state index in [1.165, 1.54) is 0 Å². The third-order valence-corrected chi connectivity index (χ3v) is 2.16. The Balaban J connectivity index is 0.000000640. The van der Waals surface area contributed by atoms with E-state index < -0.39 is 13.4 Å². The van der Waals surface area contributed by atoms with Crippen LogP contribution in [0.2, 0.25) is 0 Å². The van der Waals surface area contributed by atoms with Crippen LogP contribution in [0, 0.1) is 0 Å². The summed E-state index contributed by atoms with van der Waals surface area (Å²) in [6.07, 6.45) is -0.379. The van der Waals surface area contributed by atoms with Gasteiger partial charge in [-0.15, -0.1) is 0 Å². The zero-order chi connectivity index (χ0) is 6.36. The van der Waals surface area contributed by atoms with Gasteiger partial charge in [0.15, 0.2) is 0 Å². The van der Waals surface area contributed by atoms with Crippen LogP contribution in [-0.4, -0.2) is 11.9 Å². The maximum absolute atomic E-state index is 9.95. The number of ether oxygens (including phenoxy) is 1. The predicted molar refractivity (Wildman–Crippen MR) is 21.9 cm³/mol. The molecule has 9 heavy (non-hydrogen) atoms. The normalized spacial score (nSPS) is 33.2. The van der Waals surface area contributed by atoms with Crippen molar-refractivity contribution in [2.24, 2.45) is 0 Å². The van der Waals surface area contributed by atoms with Gasteiger partial charge in [-0.05, 0) is 14.5 Å². The summed E-state index contributed by atoms with van der Waals surface area (Å²) in [5.74, 6) is -1.04. The van der Waals surface area contributed by atoms with E-state index >= 15 is 0 Å². The van der Waals surface area contributed by atoms with Crippen molar-refractivity contribution in [1.82, 2.24) is 0 Å². The summed E-state index contributed by atoms with van der Waals surface area (Å²) in [5, 5.41) is 0. The van der Waals surface area contributed by atoms with E-state index in [2.05, 4.69) is 4.74 Å². The molecule has 1 aliphatic rings. The van der Waals surface area contributed by atoms with Crippen LogP contribution >= 0.6 is 7.60 Å². The van der Waals surface area contributed by atoms with E-state index in [-0.39, 0.29) is 35.7 Å². The SMILES string of the molecule is CC1OC1P(=O)([O-])[O-].[Na+]. The summed E-state index contributed by atoms with van der Waals surface area (Å²) in [6.45, 7) is 1.55. The Bertz CT molecular complexity index is 143. The number of hydrogen-bond donors (Lipinski definition) is 0. The molecule has 0 aliphatic carbocycles. The van der Waals surface area contributed by atoms with Crippen LogP contribution in [0.5, 0.6) is 0 Å². The maximum Gasteiger partial charge on any atom is 1.00 e. The number of rotatable bonds is 1. The van der Waals surface area contributed by atoms with Crippen LogP contribution in [0.25, 0.3) is 0 Å². The largest absolute Gasteiger partial charge is 1.00 e. The molecule has 48 valence electrons. The second kappa shape index (κ2) is 3.01. The van der Waals surface area contributed by atoms with Gasteiger partial charge in [-0.1, -0.05) is 0 Å². The first kappa shape index (κ1) is 10.1. The molecule has 0 saturated carbocycles. The van der Waals surface area contributed by atoms with E-state index in [1.807, 2.05) is 0 Å². The first-order chi connectivity index (χ1) is 3.52. The van der Waals surface area contributed by atoms with Crippen molar-refractivity contribution in [1.29, 1.82) is 0 Å². The smallest absolute Gasteiger partial charge is 0.809 e. The molecular formula is C3H5NaO4P-. The van der Waals surface area contributed by atoms with Gasteiger partial charge >= 0.3 is 29.6 Å². The van der Waals surface area contributed by atoms with Crippen LogP contribution in [-0.2, 0) is 9.30 Å². The van der Waals surface area contributed by atoms with Gasteiger partial charge in [0, 0.05) is 0 Å². The molecule has 0 bridgehead atoms. The van der Waals surface area contributed by atoms with Gasteiger partial charge in [0.05, 0.1) is 6.10 Å². The molecule has 0 aromatic heterocycles. The van der Waals surface area contributed by atoms with E-state index in [0.29, 0.717) is 0 Å². The minimum Gasteiger partial charge on any atom is -0.809 e. The van der Waals surface area contributed by atoms with E-state index in [9.17, 15) is 14.4 Å². The van der Waals surface area contributed by atoms with E-state index in [1.54, 1.807) is 6.92 Å². The molecule has 2 unspecified atom stereocenters. The average molecular weight is 159 g/mol. The van der Waals surface area contributed by atoms with Gasteiger partial charge in [-0.2, -0.15) is 0 Å². The van der Waals surface area contributed by atoms with Crippen molar-refractivity contribution in [3.05, 3.63) is 0 Å². The molecule has 1 aliphatic heterocycles. The van der Waals surface area contributed by atoms with Gasteiger partial charge in [0.25, 0.3) is 0 Å². The first-order valence-corrected chi connectivity index (χ1v) is 3.80. The Kier molecular flexibility index (Phi) is 3.38. The van der Waals surface area contributed by atoms with Crippen LogP contribution in [0.3, 0.4) is 0 Å². The third kappa shape index (κ3) is 2.68. The summed E-state index contributed by atoms with van der Waals surface area (Å²) >= 11 is 0. The van der Waals surface area contributed by atoms with Gasteiger partial charge in [0.2, 0.25) is 0 Å². The second-order valence-electron chi connectivity index (χ2n) is 1.77. The van der Waals surface area contributed by atoms with Crippen molar-refractivity contribution in [2.75, 3.05) is 0 Å². The zero-order valence-corrected chi connectivity index (χ0v) is 8.13. The average Bonchev–Trinajstić information content (AvgIpc) is 2.13. The molecule has 0 radical (unpaired) electrons. The second-order valence-corrected chi connectivity index (χ2v) is 3.36. The first-order valence-electron chi connectivity index (χ1n) is 2.19. The monoisotopic (exact) mass is 159 g/mol. The minimum atomic E-state index is -4.40. The Labute approximate surface area is 75.0 Å². The van der Waals surface area contributed by atoms with E-state index in [0.717, 1.165) is 0 Å². The number of epoxide rings is 1. The predicted octanol–water partition coefficient (Wildman–Crippen LogP) is -4.35. The molecule has 0 aromatic rings. The van der Waals surface area contributed by atoms with Crippen molar-refractivity contribution in [3.8, 4) is 0 Å². The molecule has 0 amide bonds. The molecule has 1 saturated heterocycles. The Morgan fingerprint density at radius 1 is 1.56 bits per heavy atom. The van der Waals surface area contributed by atoms with Crippen molar-refractivity contribution in [3.63, 3.8) is 0 Å². The molecule has 6 heteroatoms. The van der Waals surface area contributed by atoms with Crippen LogP contribution in [0.15, 0.2) is 0 Å². The fourth-order valence-corrected chi connectivity index (χ4v) is 1.36. The van der Waals surface area contributed by atoms with E-state index in [4.69, 9.17) is 0 Å². The van der Waals surface area contributed by atoms with Gasteiger partial charge < -0.3 is 19.1 Å². The quantitative estimate of drug-likeness (QED) is 0.220. The maximum atomic E-state index is 9.95. The molecule has 1 heterocycles. The van der Waals surface area contributed by atoms with Crippen LogP contribution in [0.4, 0.5) is 0 Å². The molecular weight excluding hydrogens is 154 g/mol. The topological polar surface area (TPSA) is 75.7 Å². The summed E-state index contributed by atoms with van der Waals surface area (Å²) in [6, 6.07) is 0. The summed E-state index contributed by atoms with van der Waals surface area (Å²) in [7, 11) is -4.40. The minimum absolute atomic E-state index is 0. The molecule has 1 rings (SSSR count). The van der Waals surface area contributed by atoms with Crippen LogP contribution in [0.1, 0.15) is 6.92 Å². The molecule has 4 nitrogen and oxygen atoms in total. The summed E-state index contributed by atoms with van der Waals surface area (Å²) in [4.78, 5) is 19.9. The molecule has 0 N–H and O–H groups in total. The standard InChI is InChI=1S/C3H7O4P.Na/c1-2-3(7-2)8(4,5)6;/h2-3H,1H3,(H2,4,5,6);/q;+1/p-2. The third-order valence-electron chi connectivity index (χ3n) is 0.991. The van der Waals surface area contributed by atoms with Crippen LogP contribution < -0.4 is 39.3 Å². The fourth-order valence-electron chi connectivity index (χ4n) is 0.506. The van der Waals surface area contributed by atoms with Crippen molar-refractivity contribution < 1.29 is 48.6 Å². The molecule has 2 atom stereocenters. The van der Waals surface area contributed by atoms with Gasteiger partial charge in [-0.25, -0.2) is 0 Å². The molecule has 0 aromatic carbocycles.